The van der Waals surface area contributed by atoms with Gasteiger partial charge in [-0.2, -0.15) is 5.26 Å². The highest BCUT2D eigenvalue weighted by Gasteiger charge is 2.14. The Labute approximate surface area is 80.4 Å². The summed E-state index contributed by atoms with van der Waals surface area (Å²) in [6.07, 6.45) is 0. The molecular weight excluding hydrogens is 184 g/mol. The highest BCUT2D eigenvalue weighted by molar-refractivity contribution is 5.48. The van der Waals surface area contributed by atoms with E-state index in [-0.39, 0.29) is 11.6 Å². The van der Waals surface area contributed by atoms with Crippen LogP contribution in [0.25, 0.3) is 0 Å². The molecule has 0 aliphatic carbocycles. The van der Waals surface area contributed by atoms with Crippen LogP contribution in [0.5, 0.6) is 5.75 Å². The molecule has 1 rings (SSSR count). The van der Waals surface area contributed by atoms with Crippen LogP contribution in [0.3, 0.4) is 0 Å². The molecule has 0 radical (unpaired) electrons. The van der Waals surface area contributed by atoms with Crippen molar-refractivity contribution in [3.8, 4) is 11.8 Å². The van der Waals surface area contributed by atoms with E-state index in [4.69, 9.17) is 5.26 Å². The molecule has 1 aromatic rings. The van der Waals surface area contributed by atoms with Gasteiger partial charge in [-0.05, 0) is 18.6 Å². The molecule has 1 N–H and O–H groups in total. The molecule has 0 heterocycles. The second kappa shape index (κ2) is 3.75. The summed E-state index contributed by atoms with van der Waals surface area (Å²) in [5.41, 5.74) is 0.217. The van der Waals surface area contributed by atoms with E-state index in [0.717, 1.165) is 0 Å². The van der Waals surface area contributed by atoms with Crippen molar-refractivity contribution in [1.82, 2.24) is 0 Å². The van der Waals surface area contributed by atoms with Crippen molar-refractivity contribution in [2.75, 3.05) is 0 Å². The van der Waals surface area contributed by atoms with Crippen LogP contribution in [0.4, 0.5) is 5.69 Å². The number of nitrogens with zero attached hydrogens (tertiary/aromatic N) is 2. The fourth-order valence-electron chi connectivity index (χ4n) is 1.04. The maximum absolute atomic E-state index is 10.4. The minimum absolute atomic E-state index is 0.348. The lowest BCUT2D eigenvalue weighted by Gasteiger charge is -2.02. The zero-order chi connectivity index (χ0) is 10.7. The number of nitriles is 1. The number of aromatic hydroxyl groups is 1. The number of hydrogen-bond donors (Lipinski definition) is 1. The zero-order valence-electron chi connectivity index (χ0n) is 7.47. The van der Waals surface area contributed by atoms with Gasteiger partial charge >= 0.3 is 5.69 Å². The first-order valence-corrected chi connectivity index (χ1v) is 3.93. The Morgan fingerprint density at radius 3 is 2.71 bits per heavy atom. The molecule has 0 aliphatic rings. The fraction of sp³-hybridized carbons (Fsp3) is 0.222. The predicted octanol–water partition coefficient (Wildman–Crippen LogP) is 1.93. The molecule has 0 aromatic heterocycles. The van der Waals surface area contributed by atoms with E-state index in [1.165, 1.54) is 18.2 Å². The lowest BCUT2D eigenvalue weighted by atomic mass is 10.0. The minimum atomic E-state index is -0.670. The quantitative estimate of drug-likeness (QED) is 0.572. The lowest BCUT2D eigenvalue weighted by molar-refractivity contribution is -0.385. The molecule has 72 valence electrons. The Morgan fingerprint density at radius 1 is 1.64 bits per heavy atom. The molecule has 0 amide bonds. The molecule has 0 fully saturated rings. The summed E-state index contributed by atoms with van der Waals surface area (Å²) in [6, 6.07) is 5.88. The highest BCUT2D eigenvalue weighted by Crippen LogP contribution is 2.28. The van der Waals surface area contributed by atoms with Crippen molar-refractivity contribution in [2.45, 2.75) is 12.8 Å². The molecule has 0 bridgehead atoms. The number of phenolic OH excluding ortho intramolecular Hbond substituents is 1. The highest BCUT2D eigenvalue weighted by atomic mass is 16.6. The maximum atomic E-state index is 10.4. The Balaban J connectivity index is 3.14. The minimum Gasteiger partial charge on any atom is -0.502 e. The van der Waals surface area contributed by atoms with E-state index in [2.05, 4.69) is 0 Å². The van der Waals surface area contributed by atoms with Gasteiger partial charge in [0.2, 0.25) is 0 Å². The number of nitro groups is 1. The SMILES string of the molecule is CC(C#N)c1ccc([N+](=O)[O-])c(O)c1. The van der Waals surface area contributed by atoms with Gasteiger partial charge < -0.3 is 5.11 Å². The molecule has 1 aromatic carbocycles. The van der Waals surface area contributed by atoms with Gasteiger partial charge in [0, 0.05) is 6.07 Å². The van der Waals surface area contributed by atoms with E-state index in [1.807, 2.05) is 6.07 Å². The van der Waals surface area contributed by atoms with Crippen molar-refractivity contribution in [1.29, 1.82) is 5.26 Å². The third-order valence-electron chi connectivity index (χ3n) is 1.89. The number of hydrogen-bond acceptors (Lipinski definition) is 4. The smallest absolute Gasteiger partial charge is 0.310 e. The summed E-state index contributed by atoms with van der Waals surface area (Å²) < 4.78 is 0. The molecule has 5 nitrogen and oxygen atoms in total. The average Bonchev–Trinajstić information content (AvgIpc) is 2.15. The van der Waals surface area contributed by atoms with Gasteiger partial charge in [-0.25, -0.2) is 0 Å². The number of benzene rings is 1. The number of rotatable bonds is 2. The van der Waals surface area contributed by atoms with Crippen molar-refractivity contribution in [2.24, 2.45) is 0 Å². The van der Waals surface area contributed by atoms with Gasteiger partial charge in [0.1, 0.15) is 0 Å². The first kappa shape index (κ1) is 9.99. The van der Waals surface area contributed by atoms with Gasteiger partial charge in [-0.1, -0.05) is 6.07 Å². The molecule has 0 spiro atoms. The summed E-state index contributed by atoms with van der Waals surface area (Å²) >= 11 is 0. The fourth-order valence-corrected chi connectivity index (χ4v) is 1.04. The largest absolute Gasteiger partial charge is 0.502 e. The third-order valence-corrected chi connectivity index (χ3v) is 1.89. The summed E-state index contributed by atoms with van der Waals surface area (Å²) in [6.45, 7) is 1.65. The van der Waals surface area contributed by atoms with Crippen LogP contribution in [0.15, 0.2) is 18.2 Å². The molecule has 0 saturated heterocycles. The summed E-state index contributed by atoms with van der Waals surface area (Å²) in [7, 11) is 0. The molecule has 0 aliphatic heterocycles. The summed E-state index contributed by atoms with van der Waals surface area (Å²) in [4.78, 5) is 9.68. The van der Waals surface area contributed by atoms with Crippen LogP contribution in [-0.2, 0) is 0 Å². The van der Waals surface area contributed by atoms with Crippen LogP contribution >= 0.6 is 0 Å². The van der Waals surface area contributed by atoms with Gasteiger partial charge in [0.25, 0.3) is 0 Å². The van der Waals surface area contributed by atoms with Gasteiger partial charge in [-0.15, -0.1) is 0 Å². The predicted molar refractivity (Wildman–Crippen MR) is 48.8 cm³/mol. The van der Waals surface area contributed by atoms with Crippen molar-refractivity contribution in [3.05, 3.63) is 33.9 Å². The third kappa shape index (κ3) is 1.80. The van der Waals surface area contributed by atoms with Crippen LogP contribution in [0, 0.1) is 21.4 Å². The Kier molecular flexibility index (Phi) is 2.67. The van der Waals surface area contributed by atoms with Crippen LogP contribution in [-0.4, -0.2) is 10.0 Å². The topological polar surface area (TPSA) is 87.2 Å². The van der Waals surface area contributed by atoms with E-state index >= 15 is 0 Å². The first-order valence-electron chi connectivity index (χ1n) is 3.93. The van der Waals surface area contributed by atoms with Gasteiger partial charge in [-0.3, -0.25) is 10.1 Å². The van der Waals surface area contributed by atoms with E-state index < -0.39 is 10.7 Å². The number of nitro benzene ring substituents is 1. The van der Waals surface area contributed by atoms with E-state index in [0.29, 0.717) is 5.56 Å². The standard InChI is InChI=1S/C9H8N2O3/c1-6(5-10)7-2-3-8(11(13)14)9(12)4-7/h2-4,6,12H,1H3. The number of phenols is 1. The molecule has 0 saturated carbocycles. The van der Waals surface area contributed by atoms with Crippen LogP contribution in [0.2, 0.25) is 0 Å². The first-order chi connectivity index (χ1) is 6.56. The normalized spacial score (nSPS) is 11.7. The van der Waals surface area contributed by atoms with Gasteiger partial charge in [0.05, 0.1) is 16.9 Å². The van der Waals surface area contributed by atoms with E-state index in [1.54, 1.807) is 6.92 Å². The average molecular weight is 192 g/mol. The van der Waals surface area contributed by atoms with Crippen molar-refractivity contribution < 1.29 is 10.0 Å². The second-order valence-corrected chi connectivity index (χ2v) is 2.86. The van der Waals surface area contributed by atoms with Crippen molar-refractivity contribution >= 4 is 5.69 Å². The molecule has 1 unspecified atom stereocenters. The van der Waals surface area contributed by atoms with Crippen molar-refractivity contribution in [3.63, 3.8) is 0 Å². The Hall–Kier alpha value is -2.09. The lowest BCUT2D eigenvalue weighted by Crippen LogP contribution is -1.92. The molecule has 5 heteroatoms. The summed E-state index contributed by atoms with van der Waals surface area (Å²) in [5, 5.41) is 28.2. The zero-order valence-corrected chi connectivity index (χ0v) is 7.47. The maximum Gasteiger partial charge on any atom is 0.310 e. The van der Waals surface area contributed by atoms with E-state index in [9.17, 15) is 15.2 Å². The summed E-state index contributed by atoms with van der Waals surface area (Å²) in [5.74, 6) is -0.795. The molecule has 1 atom stereocenters. The van der Waals surface area contributed by atoms with Gasteiger partial charge in [0.15, 0.2) is 5.75 Å². The monoisotopic (exact) mass is 192 g/mol. The second-order valence-electron chi connectivity index (χ2n) is 2.86. The molecule has 14 heavy (non-hydrogen) atoms. The Bertz CT molecular complexity index is 409. The van der Waals surface area contributed by atoms with Crippen LogP contribution < -0.4 is 0 Å². The van der Waals surface area contributed by atoms with Crippen LogP contribution in [0.1, 0.15) is 18.4 Å². The molecular formula is C9H8N2O3. The Morgan fingerprint density at radius 2 is 2.29 bits per heavy atom.